The van der Waals surface area contributed by atoms with Gasteiger partial charge in [0.2, 0.25) is 0 Å². The molecular formula is C25H29BrOSSi. The Bertz CT molecular complexity index is 837. The smallest absolute Gasteiger partial charge is 0.261 e. The Balaban J connectivity index is 1.77. The van der Waals surface area contributed by atoms with Gasteiger partial charge in [-0.1, -0.05) is 97.4 Å². The fourth-order valence-corrected chi connectivity index (χ4v) is 9.46. The molecule has 0 N–H and O–H groups in total. The Morgan fingerprint density at radius 1 is 0.793 bits per heavy atom. The van der Waals surface area contributed by atoms with Gasteiger partial charge in [0.25, 0.3) is 8.32 Å². The molecule has 3 aromatic rings. The highest BCUT2D eigenvalue weighted by Gasteiger charge is 2.49. The van der Waals surface area contributed by atoms with E-state index in [9.17, 15) is 0 Å². The van der Waals surface area contributed by atoms with Gasteiger partial charge in [-0.2, -0.15) is 0 Å². The minimum atomic E-state index is -2.40. The maximum atomic E-state index is 6.94. The van der Waals surface area contributed by atoms with E-state index in [0.717, 1.165) is 23.3 Å². The summed E-state index contributed by atoms with van der Waals surface area (Å²) in [6, 6.07) is 30.3. The Morgan fingerprint density at radius 3 is 1.79 bits per heavy atom. The summed E-state index contributed by atoms with van der Waals surface area (Å²) in [4.78, 5) is 1.30. The molecule has 0 bridgehead atoms. The number of rotatable bonds is 8. The maximum absolute atomic E-state index is 6.94. The lowest BCUT2D eigenvalue weighted by atomic mass is 10.2. The molecule has 0 amide bonds. The van der Waals surface area contributed by atoms with Gasteiger partial charge in [0.1, 0.15) is 0 Å². The zero-order valence-electron chi connectivity index (χ0n) is 17.4. The van der Waals surface area contributed by atoms with Gasteiger partial charge in [0, 0.05) is 21.7 Å². The van der Waals surface area contributed by atoms with E-state index in [0.29, 0.717) is 0 Å². The molecule has 1 nitrogen and oxygen atoms in total. The van der Waals surface area contributed by atoms with Crippen molar-refractivity contribution in [2.45, 2.75) is 37.1 Å². The lowest BCUT2D eigenvalue weighted by molar-refractivity contribution is 0.299. The molecule has 152 valence electrons. The van der Waals surface area contributed by atoms with E-state index in [1.54, 1.807) is 0 Å². The molecular weight excluding hydrogens is 456 g/mol. The molecule has 3 aromatic carbocycles. The van der Waals surface area contributed by atoms with Crippen molar-refractivity contribution in [1.29, 1.82) is 0 Å². The fraction of sp³-hybridized carbons (Fsp3) is 0.280. The van der Waals surface area contributed by atoms with Crippen LogP contribution in [-0.2, 0) is 4.43 Å². The molecule has 4 heteroatoms. The van der Waals surface area contributed by atoms with Crippen LogP contribution < -0.4 is 10.4 Å². The minimum Gasteiger partial charge on any atom is -0.407 e. The van der Waals surface area contributed by atoms with Crippen molar-refractivity contribution in [3.63, 3.8) is 0 Å². The van der Waals surface area contributed by atoms with E-state index in [-0.39, 0.29) is 5.04 Å². The van der Waals surface area contributed by atoms with Gasteiger partial charge in [-0.15, -0.1) is 11.8 Å². The first-order chi connectivity index (χ1) is 13.9. The molecule has 0 radical (unpaired) electrons. The summed E-state index contributed by atoms with van der Waals surface area (Å²) in [5, 5.41) is 2.73. The average Bonchev–Trinajstić information content (AvgIpc) is 2.72. The van der Waals surface area contributed by atoms with Crippen LogP contribution in [0.15, 0.2) is 94.3 Å². The average molecular weight is 486 g/mol. The van der Waals surface area contributed by atoms with Crippen molar-refractivity contribution >= 4 is 46.4 Å². The molecule has 0 aliphatic heterocycles. The summed E-state index contributed by atoms with van der Waals surface area (Å²) in [5.74, 6) is 1.06. The second-order valence-electron chi connectivity index (χ2n) is 8.17. The van der Waals surface area contributed by atoms with Gasteiger partial charge in [-0.05, 0) is 46.1 Å². The molecule has 0 atom stereocenters. The van der Waals surface area contributed by atoms with Crippen molar-refractivity contribution in [3.05, 3.63) is 89.4 Å². The van der Waals surface area contributed by atoms with Crippen molar-refractivity contribution in [3.8, 4) is 0 Å². The van der Waals surface area contributed by atoms with E-state index in [2.05, 4.69) is 122 Å². The van der Waals surface area contributed by atoms with Crippen molar-refractivity contribution in [1.82, 2.24) is 0 Å². The highest BCUT2D eigenvalue weighted by Crippen LogP contribution is 2.36. The Labute approximate surface area is 189 Å². The number of benzene rings is 3. The molecule has 29 heavy (non-hydrogen) atoms. The van der Waals surface area contributed by atoms with Crippen LogP contribution in [0.25, 0.3) is 0 Å². The van der Waals surface area contributed by atoms with Crippen molar-refractivity contribution < 1.29 is 4.43 Å². The molecule has 0 saturated carbocycles. The van der Waals surface area contributed by atoms with Crippen LogP contribution >= 0.6 is 27.7 Å². The molecule has 0 aliphatic carbocycles. The molecule has 3 rings (SSSR count). The fourth-order valence-electron chi connectivity index (χ4n) is 3.77. The Hall–Kier alpha value is -1.33. The third-order valence-electron chi connectivity index (χ3n) is 5.11. The van der Waals surface area contributed by atoms with Crippen LogP contribution in [-0.4, -0.2) is 20.7 Å². The summed E-state index contributed by atoms with van der Waals surface area (Å²) >= 11 is 5.39. The SMILES string of the molecule is CC(C)(C)[Si](OCCCSc1ccc(Br)cc1)(c1ccccc1)c1ccccc1. The third kappa shape index (κ3) is 5.43. The zero-order chi connectivity index (χ0) is 20.7. The first-order valence-corrected chi connectivity index (χ1v) is 13.8. The van der Waals surface area contributed by atoms with Crippen LogP contribution in [0.3, 0.4) is 0 Å². The molecule has 0 aromatic heterocycles. The number of hydrogen-bond acceptors (Lipinski definition) is 2. The first kappa shape index (κ1) is 22.4. The first-order valence-electron chi connectivity index (χ1n) is 10.1. The molecule has 0 unspecified atom stereocenters. The summed E-state index contributed by atoms with van der Waals surface area (Å²) in [7, 11) is -2.40. The highest BCUT2D eigenvalue weighted by molar-refractivity contribution is 9.10. The quantitative estimate of drug-likeness (QED) is 0.204. The lowest BCUT2D eigenvalue weighted by Gasteiger charge is -2.43. The van der Waals surface area contributed by atoms with Crippen LogP contribution in [0.4, 0.5) is 0 Å². The maximum Gasteiger partial charge on any atom is 0.261 e. The van der Waals surface area contributed by atoms with Gasteiger partial charge >= 0.3 is 0 Å². The predicted octanol–water partition coefficient (Wildman–Crippen LogP) is 6.51. The van der Waals surface area contributed by atoms with Crippen LogP contribution in [0.5, 0.6) is 0 Å². The predicted molar refractivity (Wildman–Crippen MR) is 133 cm³/mol. The largest absolute Gasteiger partial charge is 0.407 e. The van der Waals surface area contributed by atoms with E-state index < -0.39 is 8.32 Å². The summed E-state index contributed by atoms with van der Waals surface area (Å²) in [6.07, 6.45) is 1.03. The van der Waals surface area contributed by atoms with Gasteiger partial charge in [-0.3, -0.25) is 0 Å². The topological polar surface area (TPSA) is 9.23 Å². The summed E-state index contributed by atoms with van der Waals surface area (Å²) < 4.78 is 8.06. The van der Waals surface area contributed by atoms with Gasteiger partial charge in [0.05, 0.1) is 0 Å². The van der Waals surface area contributed by atoms with Gasteiger partial charge in [-0.25, -0.2) is 0 Å². The Morgan fingerprint density at radius 2 is 1.31 bits per heavy atom. The summed E-state index contributed by atoms with van der Waals surface area (Å²) in [5.41, 5.74) is 0. The highest BCUT2D eigenvalue weighted by atomic mass is 79.9. The lowest BCUT2D eigenvalue weighted by Crippen LogP contribution is -2.66. The van der Waals surface area contributed by atoms with Crippen molar-refractivity contribution in [2.75, 3.05) is 12.4 Å². The molecule has 0 fully saturated rings. The molecule has 0 aliphatic rings. The standard InChI is InChI=1S/C25H29BrOSSi/c1-25(2,3)29(23-11-6-4-7-12-23,24-13-8-5-9-14-24)27-19-10-20-28-22-17-15-21(26)16-18-22/h4-9,11-18H,10,19-20H2,1-3H3. The number of halogens is 1. The summed E-state index contributed by atoms with van der Waals surface area (Å²) in [6.45, 7) is 7.76. The molecule has 0 saturated heterocycles. The van der Waals surface area contributed by atoms with Gasteiger partial charge < -0.3 is 4.43 Å². The minimum absolute atomic E-state index is 0.0363. The van der Waals surface area contributed by atoms with Crippen LogP contribution in [0.1, 0.15) is 27.2 Å². The third-order valence-corrected chi connectivity index (χ3v) is 11.8. The normalized spacial score (nSPS) is 12.1. The van der Waals surface area contributed by atoms with Gasteiger partial charge in [0.15, 0.2) is 0 Å². The zero-order valence-corrected chi connectivity index (χ0v) is 20.8. The molecule has 0 heterocycles. The second-order valence-corrected chi connectivity index (χ2v) is 14.6. The van der Waals surface area contributed by atoms with Crippen LogP contribution in [0, 0.1) is 0 Å². The van der Waals surface area contributed by atoms with Crippen molar-refractivity contribution in [2.24, 2.45) is 0 Å². The van der Waals surface area contributed by atoms with E-state index in [4.69, 9.17) is 4.43 Å². The monoisotopic (exact) mass is 484 g/mol. The number of thioether (sulfide) groups is 1. The van der Waals surface area contributed by atoms with E-state index >= 15 is 0 Å². The van der Waals surface area contributed by atoms with E-state index in [1.807, 2.05) is 11.8 Å². The van der Waals surface area contributed by atoms with Crippen LogP contribution in [0.2, 0.25) is 5.04 Å². The second kappa shape index (κ2) is 10.1. The van der Waals surface area contributed by atoms with E-state index in [1.165, 1.54) is 15.3 Å². The Kier molecular flexibility index (Phi) is 7.80. The number of hydrogen-bond donors (Lipinski definition) is 0. The molecule has 0 spiro atoms.